The molecule has 0 aliphatic rings. The number of carbonyl (C=O) groups is 1. The van der Waals surface area contributed by atoms with Gasteiger partial charge in [0, 0.05) is 51.4 Å². The van der Waals surface area contributed by atoms with Gasteiger partial charge in [0.1, 0.15) is 0 Å². The molecule has 3 aromatic rings. The normalized spacial score (nSPS) is 12.9. The maximum Gasteiger partial charge on any atom is 0.226 e. The molecule has 0 saturated heterocycles. The summed E-state index contributed by atoms with van der Waals surface area (Å²) in [5.41, 5.74) is 17.4. The predicted octanol–water partition coefficient (Wildman–Crippen LogP) is 4.30. The second-order valence-corrected chi connectivity index (χ2v) is 7.69. The first-order chi connectivity index (χ1) is 14.2. The number of benzene rings is 2. The fourth-order valence-electron chi connectivity index (χ4n) is 3.52. The number of primary amides is 1. The van der Waals surface area contributed by atoms with Gasteiger partial charge < -0.3 is 27.2 Å². The van der Waals surface area contributed by atoms with Gasteiger partial charge in [-0.15, -0.1) is 0 Å². The first-order valence-corrected chi connectivity index (χ1v) is 9.89. The molecule has 7 nitrogen and oxygen atoms in total. The zero-order valence-corrected chi connectivity index (χ0v) is 17.7. The topological polar surface area (TPSA) is 133 Å². The van der Waals surface area contributed by atoms with Crippen molar-refractivity contribution in [3.63, 3.8) is 0 Å². The van der Waals surface area contributed by atoms with Crippen molar-refractivity contribution in [1.29, 1.82) is 5.41 Å². The van der Waals surface area contributed by atoms with E-state index in [1.54, 1.807) is 13.0 Å². The van der Waals surface area contributed by atoms with Crippen LogP contribution < -0.4 is 16.8 Å². The van der Waals surface area contributed by atoms with Crippen LogP contribution in [0.1, 0.15) is 50.4 Å². The minimum absolute atomic E-state index is 0.266. The number of nitrogen functional groups attached to an aromatic ring is 1. The molecule has 7 heteroatoms. The Balaban J connectivity index is 2.29. The van der Waals surface area contributed by atoms with E-state index in [9.17, 15) is 4.79 Å². The van der Waals surface area contributed by atoms with E-state index in [1.807, 2.05) is 37.3 Å². The summed E-state index contributed by atoms with van der Waals surface area (Å²) < 4.78 is 0. The molecule has 0 radical (unpaired) electrons. The van der Waals surface area contributed by atoms with E-state index in [2.05, 4.69) is 24.1 Å². The van der Waals surface area contributed by atoms with E-state index in [0.717, 1.165) is 22.5 Å². The molecule has 7 N–H and O–H groups in total. The van der Waals surface area contributed by atoms with Gasteiger partial charge in [0.05, 0.1) is 17.3 Å². The second-order valence-electron chi connectivity index (χ2n) is 7.69. The highest BCUT2D eigenvalue weighted by atomic mass is 16.1. The lowest BCUT2D eigenvalue weighted by Gasteiger charge is -2.15. The summed E-state index contributed by atoms with van der Waals surface area (Å²) in [5.74, 6) is -1.03. The van der Waals surface area contributed by atoms with Crippen LogP contribution in [0.5, 0.6) is 0 Å². The van der Waals surface area contributed by atoms with Crippen molar-refractivity contribution in [3.8, 4) is 0 Å². The summed E-state index contributed by atoms with van der Waals surface area (Å²) in [6, 6.07) is 11.8. The van der Waals surface area contributed by atoms with Crippen molar-refractivity contribution in [2.45, 2.75) is 39.7 Å². The van der Waals surface area contributed by atoms with Crippen LogP contribution in [0.4, 0.5) is 17.1 Å². The Labute approximate surface area is 176 Å². The molecular formula is C23H28N6O. The van der Waals surface area contributed by atoms with Crippen molar-refractivity contribution < 1.29 is 4.79 Å². The van der Waals surface area contributed by atoms with E-state index in [1.165, 1.54) is 6.21 Å². The number of aromatic nitrogens is 1. The van der Waals surface area contributed by atoms with Crippen LogP contribution in [0, 0.1) is 5.41 Å². The van der Waals surface area contributed by atoms with Gasteiger partial charge in [-0.2, -0.15) is 0 Å². The summed E-state index contributed by atoms with van der Waals surface area (Å²) in [6.45, 7) is 7.82. The van der Waals surface area contributed by atoms with Crippen LogP contribution in [0.15, 0.2) is 41.4 Å². The number of hydrogen-bond donors (Lipinski definition) is 5. The number of carbonyl (C=O) groups excluding carboxylic acids is 1. The highest BCUT2D eigenvalue weighted by Gasteiger charge is 2.23. The molecule has 3 rings (SSSR count). The monoisotopic (exact) mass is 404 g/mol. The molecule has 0 aliphatic carbocycles. The maximum atomic E-state index is 12.0. The van der Waals surface area contributed by atoms with Crippen molar-refractivity contribution in [2.75, 3.05) is 11.1 Å². The molecule has 1 amide bonds. The number of aliphatic imine (C=N–C) groups is 1. The fraction of sp³-hybridized carbons (Fsp3) is 0.261. The number of nitrogens with zero attached hydrogens (tertiary/aromatic N) is 1. The Morgan fingerprint density at radius 2 is 1.90 bits per heavy atom. The van der Waals surface area contributed by atoms with Crippen LogP contribution in [-0.4, -0.2) is 28.9 Å². The molecule has 1 aromatic heterocycles. The third-order valence-corrected chi connectivity index (χ3v) is 5.09. The smallest absolute Gasteiger partial charge is 0.226 e. The SMILES string of the molecule is CC(=Nc1c(C(C)C(N)=O)[nH]c2ccc(N)c(C=N)c12)c1ccccc1NC(C)C. The molecule has 156 valence electrons. The van der Waals surface area contributed by atoms with E-state index in [0.29, 0.717) is 28.0 Å². The van der Waals surface area contributed by atoms with Gasteiger partial charge >= 0.3 is 0 Å². The zero-order valence-electron chi connectivity index (χ0n) is 17.7. The summed E-state index contributed by atoms with van der Waals surface area (Å²) in [4.78, 5) is 20.1. The third-order valence-electron chi connectivity index (χ3n) is 5.09. The van der Waals surface area contributed by atoms with Crippen molar-refractivity contribution >= 4 is 45.8 Å². The number of anilines is 2. The standard InChI is InChI=1S/C23H28N6O/c1-12(2)27-18-8-6-5-7-15(18)14(4)28-22-20-16(11-24)17(25)9-10-19(20)29-21(22)13(3)23(26)30/h5-13,24,27,29H,25H2,1-4H3,(H2,26,30). The van der Waals surface area contributed by atoms with Gasteiger partial charge in [-0.3, -0.25) is 9.79 Å². The van der Waals surface area contributed by atoms with Crippen LogP contribution in [0.3, 0.4) is 0 Å². The molecular weight excluding hydrogens is 376 g/mol. The summed E-state index contributed by atoms with van der Waals surface area (Å²) in [7, 11) is 0. The molecule has 0 aliphatic heterocycles. The Hall–Kier alpha value is -3.61. The zero-order chi connectivity index (χ0) is 22.0. The fourth-order valence-corrected chi connectivity index (χ4v) is 3.52. The van der Waals surface area contributed by atoms with Gasteiger partial charge in [-0.25, -0.2) is 0 Å². The van der Waals surface area contributed by atoms with Crippen LogP contribution in [-0.2, 0) is 4.79 Å². The molecule has 1 heterocycles. The highest BCUT2D eigenvalue weighted by Crippen LogP contribution is 2.39. The summed E-state index contributed by atoms with van der Waals surface area (Å²) in [5, 5.41) is 12.0. The van der Waals surface area contributed by atoms with Crippen LogP contribution >= 0.6 is 0 Å². The van der Waals surface area contributed by atoms with Crippen LogP contribution in [0.25, 0.3) is 10.9 Å². The van der Waals surface area contributed by atoms with Crippen molar-refractivity contribution in [1.82, 2.24) is 4.98 Å². The number of nitrogens with one attached hydrogen (secondary N) is 3. The number of H-pyrrole nitrogens is 1. The van der Waals surface area contributed by atoms with Gasteiger partial charge in [0.2, 0.25) is 5.91 Å². The Morgan fingerprint density at radius 1 is 1.20 bits per heavy atom. The lowest BCUT2D eigenvalue weighted by atomic mass is 10.0. The predicted molar refractivity (Wildman–Crippen MR) is 125 cm³/mol. The first-order valence-electron chi connectivity index (χ1n) is 9.89. The molecule has 0 fully saturated rings. The number of rotatable bonds is 7. The Morgan fingerprint density at radius 3 is 2.53 bits per heavy atom. The van der Waals surface area contributed by atoms with Gasteiger partial charge in [-0.1, -0.05) is 18.2 Å². The molecule has 2 aromatic carbocycles. The van der Waals surface area contributed by atoms with Gasteiger partial charge in [0.25, 0.3) is 0 Å². The molecule has 1 unspecified atom stereocenters. The average molecular weight is 405 g/mol. The Bertz CT molecular complexity index is 1140. The summed E-state index contributed by atoms with van der Waals surface area (Å²) in [6.07, 6.45) is 1.22. The van der Waals surface area contributed by atoms with Gasteiger partial charge in [0.15, 0.2) is 0 Å². The number of aromatic amines is 1. The third kappa shape index (κ3) is 3.91. The minimum Gasteiger partial charge on any atom is -0.398 e. The van der Waals surface area contributed by atoms with Crippen LogP contribution in [0.2, 0.25) is 0 Å². The largest absolute Gasteiger partial charge is 0.398 e. The number of para-hydroxylation sites is 1. The number of hydrogen-bond acceptors (Lipinski definition) is 5. The second kappa shape index (κ2) is 8.41. The quantitative estimate of drug-likeness (QED) is 0.297. The minimum atomic E-state index is -0.576. The first kappa shape index (κ1) is 21.1. The molecule has 0 bridgehead atoms. The van der Waals surface area contributed by atoms with Gasteiger partial charge in [-0.05, 0) is 45.9 Å². The molecule has 0 spiro atoms. The Kier molecular flexibility index (Phi) is 5.91. The maximum absolute atomic E-state index is 12.0. The van der Waals surface area contributed by atoms with Crippen molar-refractivity contribution in [3.05, 3.63) is 53.2 Å². The number of fused-ring (bicyclic) bond motifs is 1. The molecule has 0 saturated carbocycles. The number of nitrogens with two attached hydrogens (primary N) is 2. The highest BCUT2D eigenvalue weighted by molar-refractivity contribution is 6.12. The lowest BCUT2D eigenvalue weighted by molar-refractivity contribution is -0.119. The molecule has 1 atom stereocenters. The average Bonchev–Trinajstić information content (AvgIpc) is 3.05. The molecule has 30 heavy (non-hydrogen) atoms. The van der Waals surface area contributed by atoms with E-state index >= 15 is 0 Å². The number of amides is 1. The van der Waals surface area contributed by atoms with E-state index < -0.39 is 11.8 Å². The van der Waals surface area contributed by atoms with E-state index in [4.69, 9.17) is 21.9 Å². The summed E-state index contributed by atoms with van der Waals surface area (Å²) >= 11 is 0. The van der Waals surface area contributed by atoms with Crippen molar-refractivity contribution in [2.24, 2.45) is 10.7 Å². The van der Waals surface area contributed by atoms with E-state index in [-0.39, 0.29) is 6.04 Å². The lowest BCUT2D eigenvalue weighted by Crippen LogP contribution is -2.19.